The van der Waals surface area contributed by atoms with Crippen LogP contribution in [-0.4, -0.2) is 17.7 Å². The number of rotatable bonds is 5. The summed E-state index contributed by atoms with van der Waals surface area (Å²) in [5.74, 6) is 0. The van der Waals surface area contributed by atoms with Crippen molar-refractivity contribution in [3.8, 4) is 0 Å². The molecule has 0 bridgehead atoms. The molecule has 0 heterocycles. The van der Waals surface area contributed by atoms with E-state index in [9.17, 15) is 0 Å². The Morgan fingerprint density at radius 2 is 2.00 bits per heavy atom. The fraction of sp³-hybridized carbons (Fsp3) is 0.750. The first kappa shape index (κ1) is 9.34. The zero-order valence-electron chi connectivity index (χ0n) is 6.69. The molecule has 0 atom stereocenters. The summed E-state index contributed by atoms with van der Waals surface area (Å²) in [5.41, 5.74) is 0. The van der Waals surface area contributed by atoms with Crippen molar-refractivity contribution in [3.05, 3.63) is 12.2 Å². The molecule has 48 valence electrons. The second-order valence-corrected chi connectivity index (χ2v) is 2.38. The van der Waals surface area contributed by atoms with Crippen LogP contribution in [0.5, 0.6) is 0 Å². The maximum absolute atomic E-state index is 2.29. The van der Waals surface area contributed by atoms with Gasteiger partial charge in [-0.3, -0.25) is 0 Å². The molecule has 0 nitrogen and oxygen atoms in total. The second-order valence-electron chi connectivity index (χ2n) is 2.38. The predicted octanol–water partition coefficient (Wildman–Crippen LogP) is 2.71. The Bertz CT molecular complexity index is 67.0. The van der Waals surface area contributed by atoms with Crippen LogP contribution < -0.4 is 0 Å². The van der Waals surface area contributed by atoms with Crippen molar-refractivity contribution < 1.29 is 0 Å². The summed E-state index contributed by atoms with van der Waals surface area (Å²) < 4.78 is 0. The molecule has 0 amide bonds. The number of hydrogen-bond donors (Lipinski definition) is 0. The van der Waals surface area contributed by atoms with Gasteiger partial charge in [-0.1, -0.05) is 0 Å². The average Bonchev–Trinajstić information content (AvgIpc) is 1.89. The summed E-state index contributed by atoms with van der Waals surface area (Å²) in [6.07, 6.45) is 9.75. The predicted molar refractivity (Wildman–Crippen MR) is 43.8 cm³/mol. The van der Waals surface area contributed by atoms with Gasteiger partial charge in [-0.25, -0.2) is 0 Å². The molecule has 0 aromatic rings. The third-order valence-corrected chi connectivity index (χ3v) is 1.38. The normalized spacial score (nSPS) is 11.0. The standard InChI is InChI=1S/C8H15.Li/c1-3-5-7-8-6-4-2;/h6,8H,1,3-5,7H2,2H3;/b8-6-;. The van der Waals surface area contributed by atoms with Crippen molar-refractivity contribution in [2.75, 3.05) is 0 Å². The van der Waals surface area contributed by atoms with Crippen LogP contribution in [0, 0.1) is 0 Å². The van der Waals surface area contributed by atoms with Crippen LogP contribution >= 0.6 is 0 Å². The van der Waals surface area contributed by atoms with Crippen LogP contribution in [0.2, 0.25) is 5.09 Å². The van der Waals surface area contributed by atoms with Crippen molar-refractivity contribution >= 4 is 17.7 Å². The van der Waals surface area contributed by atoms with E-state index in [-0.39, 0.29) is 0 Å². The van der Waals surface area contributed by atoms with E-state index in [2.05, 4.69) is 36.8 Å². The summed E-state index contributed by atoms with van der Waals surface area (Å²) in [6, 6.07) is 0. The molecule has 1 heteroatoms. The van der Waals surface area contributed by atoms with Gasteiger partial charge < -0.3 is 0 Å². The van der Waals surface area contributed by atoms with E-state index in [1.807, 2.05) is 0 Å². The number of unbranched alkanes of at least 4 members (excludes halogenated alkanes) is 2. The molecule has 0 spiro atoms. The molecular weight excluding hydrogens is 103 g/mol. The Balaban J connectivity index is 2.82. The van der Waals surface area contributed by atoms with Gasteiger partial charge in [0.05, 0.1) is 0 Å². The van der Waals surface area contributed by atoms with Crippen LogP contribution in [0.1, 0.15) is 32.6 Å². The quantitative estimate of drug-likeness (QED) is 0.296. The van der Waals surface area contributed by atoms with Gasteiger partial charge in [-0.05, 0) is 0 Å². The molecule has 0 aliphatic rings. The van der Waals surface area contributed by atoms with E-state index in [0.29, 0.717) is 0 Å². The number of allylic oxidation sites excluding steroid dienone is 2. The topological polar surface area (TPSA) is 0 Å². The van der Waals surface area contributed by atoms with Crippen LogP contribution in [0.15, 0.2) is 12.2 Å². The Hall–Kier alpha value is 0.337. The molecule has 9 heavy (non-hydrogen) atoms. The van der Waals surface area contributed by atoms with Gasteiger partial charge in [-0.15, -0.1) is 0 Å². The van der Waals surface area contributed by atoms with Crippen molar-refractivity contribution in [1.29, 1.82) is 0 Å². The Morgan fingerprint density at radius 1 is 1.22 bits per heavy atom. The molecule has 0 rings (SSSR count). The van der Waals surface area contributed by atoms with E-state index >= 15 is 0 Å². The monoisotopic (exact) mass is 118 g/mol. The van der Waals surface area contributed by atoms with E-state index in [1.54, 1.807) is 0 Å². The fourth-order valence-electron chi connectivity index (χ4n) is 0.797. The van der Waals surface area contributed by atoms with Crippen LogP contribution in [0.4, 0.5) is 0 Å². The SMILES string of the molecule is [Li][CH2]CCC/C=C\CC. The van der Waals surface area contributed by atoms with Gasteiger partial charge in [0.1, 0.15) is 0 Å². The molecule has 0 fully saturated rings. The molecular formula is C8H15Li. The van der Waals surface area contributed by atoms with Gasteiger partial charge in [0.15, 0.2) is 0 Å². The molecule has 0 aromatic heterocycles. The zero-order chi connectivity index (χ0) is 6.95. The summed E-state index contributed by atoms with van der Waals surface area (Å²) in [7, 11) is 0. The Morgan fingerprint density at radius 3 is 2.56 bits per heavy atom. The van der Waals surface area contributed by atoms with E-state index in [4.69, 9.17) is 0 Å². The number of hydrogen-bond acceptors (Lipinski definition) is 0. The second kappa shape index (κ2) is 8.34. The van der Waals surface area contributed by atoms with Gasteiger partial charge in [0.2, 0.25) is 0 Å². The molecule has 0 aromatic carbocycles. The first-order valence-electron chi connectivity index (χ1n) is 4.06. The molecule has 0 radical (unpaired) electrons. The van der Waals surface area contributed by atoms with Crippen molar-refractivity contribution in [2.45, 2.75) is 37.7 Å². The van der Waals surface area contributed by atoms with Crippen LogP contribution in [-0.2, 0) is 0 Å². The average molecular weight is 118 g/mol. The van der Waals surface area contributed by atoms with Crippen molar-refractivity contribution in [2.24, 2.45) is 0 Å². The van der Waals surface area contributed by atoms with Crippen LogP contribution in [0.3, 0.4) is 0 Å². The summed E-state index contributed by atoms with van der Waals surface area (Å²) >= 11 is 2.24. The molecule has 0 saturated carbocycles. The Kier molecular flexibility index (Phi) is 8.65. The minimum atomic E-state index is 1.19. The molecule has 0 N–H and O–H groups in total. The molecule has 0 aliphatic heterocycles. The van der Waals surface area contributed by atoms with Gasteiger partial charge >= 0.3 is 67.6 Å². The molecule has 0 unspecified atom stereocenters. The van der Waals surface area contributed by atoms with E-state index in [1.165, 1.54) is 30.8 Å². The first-order valence-corrected chi connectivity index (χ1v) is 4.06. The van der Waals surface area contributed by atoms with E-state index < -0.39 is 0 Å². The minimum absolute atomic E-state index is 1.19. The van der Waals surface area contributed by atoms with Gasteiger partial charge in [0, 0.05) is 0 Å². The van der Waals surface area contributed by atoms with Gasteiger partial charge in [-0.2, -0.15) is 0 Å². The van der Waals surface area contributed by atoms with E-state index in [0.717, 1.165) is 0 Å². The van der Waals surface area contributed by atoms with Crippen LogP contribution in [0.25, 0.3) is 0 Å². The molecule has 0 saturated heterocycles. The summed E-state index contributed by atoms with van der Waals surface area (Å²) in [5, 5.41) is 1.33. The third kappa shape index (κ3) is 8.34. The van der Waals surface area contributed by atoms with Gasteiger partial charge in [0.25, 0.3) is 0 Å². The zero-order valence-corrected chi connectivity index (χ0v) is 6.69. The summed E-state index contributed by atoms with van der Waals surface area (Å²) in [6.45, 7) is 2.18. The maximum atomic E-state index is 2.29. The summed E-state index contributed by atoms with van der Waals surface area (Å²) in [4.78, 5) is 0. The Labute approximate surface area is 67.9 Å². The van der Waals surface area contributed by atoms with Crippen molar-refractivity contribution in [3.63, 3.8) is 0 Å². The van der Waals surface area contributed by atoms with Crippen molar-refractivity contribution in [1.82, 2.24) is 0 Å². The molecule has 0 aliphatic carbocycles. The first-order chi connectivity index (χ1) is 4.41. The third-order valence-electron chi connectivity index (χ3n) is 1.38. The fourth-order valence-corrected chi connectivity index (χ4v) is 0.797.